The molecule has 0 aromatic carbocycles. The summed E-state index contributed by atoms with van der Waals surface area (Å²) in [6.07, 6.45) is 1.05. The lowest BCUT2D eigenvalue weighted by molar-refractivity contribution is 0.0489. The number of carbonyl (C=O) groups is 1. The maximum absolute atomic E-state index is 12.1. The van der Waals surface area contributed by atoms with Crippen LogP contribution in [0.5, 0.6) is 0 Å². The predicted octanol–water partition coefficient (Wildman–Crippen LogP) is 0.0669. The molecule has 0 radical (unpaired) electrons. The first-order chi connectivity index (χ1) is 11.6. The Bertz CT molecular complexity index is 523. The number of likely N-dealkylation sites (N-methyl/N-ethyl adjacent to an activating group) is 1. The third kappa shape index (κ3) is 5.63. The van der Waals surface area contributed by atoms with E-state index in [9.17, 15) is 9.90 Å². The second-order valence-corrected chi connectivity index (χ2v) is 5.77. The maximum Gasteiger partial charge on any atom is 0.317 e. The summed E-state index contributed by atoms with van der Waals surface area (Å²) in [5.74, 6) is 0.897. The molecule has 2 heterocycles. The Hall–Kier alpha value is -1.90. The predicted molar refractivity (Wildman–Crippen MR) is 90.0 cm³/mol. The van der Waals surface area contributed by atoms with E-state index in [1.54, 1.807) is 13.2 Å². The lowest BCUT2D eigenvalue weighted by Gasteiger charge is -2.28. The number of aromatic nitrogens is 1. The van der Waals surface area contributed by atoms with Crippen molar-refractivity contribution in [1.29, 1.82) is 0 Å². The maximum atomic E-state index is 12.1. The van der Waals surface area contributed by atoms with Crippen LogP contribution in [0.4, 0.5) is 10.6 Å². The molecule has 24 heavy (non-hydrogen) atoms. The highest BCUT2D eigenvalue weighted by Gasteiger charge is 2.15. The number of pyridine rings is 1. The molecule has 0 bridgehead atoms. The summed E-state index contributed by atoms with van der Waals surface area (Å²) in [6, 6.07) is 3.62. The Labute approximate surface area is 142 Å². The van der Waals surface area contributed by atoms with Gasteiger partial charge in [0.2, 0.25) is 0 Å². The van der Waals surface area contributed by atoms with Crippen LogP contribution in [0.25, 0.3) is 0 Å². The van der Waals surface area contributed by atoms with Crippen LogP contribution >= 0.6 is 0 Å². The first kappa shape index (κ1) is 18.4. The number of anilines is 1. The molecule has 0 aliphatic carbocycles. The topological polar surface area (TPSA) is 87.2 Å². The molecule has 1 aromatic rings. The minimum absolute atomic E-state index is 0.199. The van der Waals surface area contributed by atoms with Gasteiger partial charge in [-0.2, -0.15) is 0 Å². The largest absolute Gasteiger partial charge is 0.389 e. The molecule has 0 saturated carbocycles. The molecular weight excluding hydrogens is 312 g/mol. The first-order valence-corrected chi connectivity index (χ1v) is 8.03. The molecule has 1 aliphatic heterocycles. The summed E-state index contributed by atoms with van der Waals surface area (Å²) in [7, 11) is 3.15. The normalized spacial score (nSPS) is 15.9. The van der Waals surface area contributed by atoms with E-state index in [-0.39, 0.29) is 19.2 Å². The zero-order valence-electron chi connectivity index (χ0n) is 14.3. The van der Waals surface area contributed by atoms with Crippen molar-refractivity contribution in [3.63, 3.8) is 0 Å². The van der Waals surface area contributed by atoms with Gasteiger partial charge in [-0.1, -0.05) is 0 Å². The van der Waals surface area contributed by atoms with E-state index < -0.39 is 6.10 Å². The molecule has 1 saturated heterocycles. The molecule has 1 aromatic heterocycles. The molecule has 1 fully saturated rings. The number of carbonyl (C=O) groups excluding carboxylic acids is 1. The number of rotatable bonds is 7. The van der Waals surface area contributed by atoms with Gasteiger partial charge >= 0.3 is 6.03 Å². The lowest BCUT2D eigenvalue weighted by atomic mass is 10.2. The van der Waals surface area contributed by atoms with Crippen LogP contribution < -0.4 is 10.2 Å². The fourth-order valence-electron chi connectivity index (χ4n) is 2.49. The second-order valence-electron chi connectivity index (χ2n) is 5.77. The summed E-state index contributed by atoms with van der Waals surface area (Å²) in [4.78, 5) is 20.1. The second kappa shape index (κ2) is 9.41. The average Bonchev–Trinajstić information content (AvgIpc) is 2.60. The van der Waals surface area contributed by atoms with Gasteiger partial charge in [0, 0.05) is 40.0 Å². The Balaban J connectivity index is 1.83. The van der Waals surface area contributed by atoms with Crippen LogP contribution in [-0.4, -0.2) is 80.7 Å². The zero-order chi connectivity index (χ0) is 17.4. The van der Waals surface area contributed by atoms with E-state index in [2.05, 4.69) is 15.2 Å². The van der Waals surface area contributed by atoms with Gasteiger partial charge in [-0.05, 0) is 17.7 Å². The van der Waals surface area contributed by atoms with Crippen molar-refractivity contribution in [2.24, 2.45) is 0 Å². The summed E-state index contributed by atoms with van der Waals surface area (Å²) in [6.45, 7) is 3.88. The number of urea groups is 1. The Kier molecular flexibility index (Phi) is 7.23. The van der Waals surface area contributed by atoms with E-state index in [0.717, 1.165) is 24.5 Å². The van der Waals surface area contributed by atoms with Crippen LogP contribution in [0.2, 0.25) is 0 Å². The zero-order valence-corrected chi connectivity index (χ0v) is 14.3. The first-order valence-electron chi connectivity index (χ1n) is 8.03. The van der Waals surface area contributed by atoms with E-state index >= 15 is 0 Å². The third-order valence-corrected chi connectivity index (χ3v) is 3.78. The summed E-state index contributed by atoms with van der Waals surface area (Å²) >= 11 is 0. The Morgan fingerprint density at radius 3 is 3.00 bits per heavy atom. The molecule has 1 atom stereocenters. The van der Waals surface area contributed by atoms with Crippen molar-refractivity contribution in [2.45, 2.75) is 12.6 Å². The van der Waals surface area contributed by atoms with Crippen LogP contribution in [0, 0.1) is 0 Å². The number of ether oxygens (including phenoxy) is 2. The SMILES string of the molecule is COCC(O)CN(C)C(=O)NCc1ccnc(N2CCOCC2)c1. The fourth-order valence-corrected chi connectivity index (χ4v) is 2.49. The van der Waals surface area contributed by atoms with E-state index in [0.29, 0.717) is 19.8 Å². The van der Waals surface area contributed by atoms with Crippen molar-refractivity contribution in [3.05, 3.63) is 23.9 Å². The van der Waals surface area contributed by atoms with Gasteiger partial charge in [-0.3, -0.25) is 0 Å². The lowest BCUT2D eigenvalue weighted by Crippen LogP contribution is -2.42. The molecule has 2 rings (SSSR count). The van der Waals surface area contributed by atoms with Crippen molar-refractivity contribution in [2.75, 3.05) is 58.5 Å². The number of aliphatic hydroxyl groups excluding tert-OH is 1. The van der Waals surface area contributed by atoms with Crippen molar-refractivity contribution in [3.8, 4) is 0 Å². The molecule has 2 amide bonds. The van der Waals surface area contributed by atoms with Gasteiger partial charge < -0.3 is 29.7 Å². The molecule has 134 valence electrons. The van der Waals surface area contributed by atoms with Crippen LogP contribution in [0.1, 0.15) is 5.56 Å². The molecule has 0 spiro atoms. The number of nitrogens with one attached hydrogen (secondary N) is 1. The minimum Gasteiger partial charge on any atom is -0.389 e. The van der Waals surface area contributed by atoms with Crippen LogP contribution in [-0.2, 0) is 16.0 Å². The quantitative estimate of drug-likeness (QED) is 0.731. The van der Waals surface area contributed by atoms with E-state index in [4.69, 9.17) is 9.47 Å². The van der Waals surface area contributed by atoms with Crippen molar-refractivity contribution < 1.29 is 19.4 Å². The van der Waals surface area contributed by atoms with Gasteiger partial charge in [-0.15, -0.1) is 0 Å². The van der Waals surface area contributed by atoms with Gasteiger partial charge in [0.1, 0.15) is 5.82 Å². The standard InChI is InChI=1S/C16H26N4O4/c1-19(11-14(21)12-23-2)16(22)18-10-13-3-4-17-15(9-13)20-5-7-24-8-6-20/h3-4,9,14,21H,5-8,10-12H2,1-2H3,(H,18,22). The number of nitrogens with zero attached hydrogens (tertiary/aromatic N) is 3. The van der Waals surface area contributed by atoms with Crippen LogP contribution in [0.15, 0.2) is 18.3 Å². The summed E-state index contributed by atoms with van der Waals surface area (Å²) < 4.78 is 10.2. The highest BCUT2D eigenvalue weighted by atomic mass is 16.5. The smallest absolute Gasteiger partial charge is 0.317 e. The van der Waals surface area contributed by atoms with Gasteiger partial charge in [-0.25, -0.2) is 9.78 Å². The third-order valence-electron chi connectivity index (χ3n) is 3.78. The van der Waals surface area contributed by atoms with E-state index in [1.165, 1.54) is 12.0 Å². The average molecular weight is 338 g/mol. The highest BCUT2D eigenvalue weighted by molar-refractivity contribution is 5.73. The summed E-state index contributed by atoms with van der Waals surface area (Å²) in [5.41, 5.74) is 0.977. The van der Waals surface area contributed by atoms with Crippen LogP contribution in [0.3, 0.4) is 0 Å². The number of amides is 2. The fraction of sp³-hybridized carbons (Fsp3) is 0.625. The Morgan fingerprint density at radius 1 is 1.54 bits per heavy atom. The van der Waals surface area contributed by atoms with Gasteiger partial charge in [0.25, 0.3) is 0 Å². The number of hydrogen-bond donors (Lipinski definition) is 2. The molecular formula is C16H26N4O4. The summed E-state index contributed by atoms with van der Waals surface area (Å²) in [5, 5.41) is 12.5. The number of methoxy groups -OCH3 is 1. The Morgan fingerprint density at radius 2 is 2.29 bits per heavy atom. The molecule has 8 heteroatoms. The van der Waals surface area contributed by atoms with Crippen molar-refractivity contribution >= 4 is 11.8 Å². The molecule has 8 nitrogen and oxygen atoms in total. The number of aliphatic hydroxyl groups is 1. The van der Waals surface area contributed by atoms with Gasteiger partial charge in [0.05, 0.1) is 32.5 Å². The monoisotopic (exact) mass is 338 g/mol. The molecule has 1 aliphatic rings. The highest BCUT2D eigenvalue weighted by Crippen LogP contribution is 2.14. The number of morpholine rings is 1. The molecule has 2 N–H and O–H groups in total. The van der Waals surface area contributed by atoms with E-state index in [1.807, 2.05) is 12.1 Å². The van der Waals surface area contributed by atoms with Gasteiger partial charge in [0.15, 0.2) is 0 Å². The number of hydrogen-bond acceptors (Lipinski definition) is 6. The molecule has 1 unspecified atom stereocenters. The minimum atomic E-state index is -0.695. The van der Waals surface area contributed by atoms with Crippen molar-refractivity contribution in [1.82, 2.24) is 15.2 Å².